The van der Waals surface area contributed by atoms with Crippen molar-refractivity contribution >= 4 is 23.4 Å². The van der Waals surface area contributed by atoms with Gasteiger partial charge in [0.05, 0.1) is 5.75 Å². The van der Waals surface area contributed by atoms with Crippen molar-refractivity contribution in [3.05, 3.63) is 59.2 Å². The second-order valence-corrected chi connectivity index (χ2v) is 9.05. The molecule has 1 aromatic heterocycles. The highest BCUT2D eigenvalue weighted by Gasteiger charge is 2.17. The van der Waals surface area contributed by atoms with Crippen LogP contribution in [0.3, 0.4) is 0 Å². The molecule has 0 aliphatic carbocycles. The molecule has 2 aromatic carbocycles. The number of hydrogen-bond acceptors (Lipinski definition) is 5. The van der Waals surface area contributed by atoms with Gasteiger partial charge in [0, 0.05) is 11.3 Å². The Kier molecular flexibility index (Phi) is 5.98. The minimum atomic E-state index is -0.105. The third kappa shape index (κ3) is 4.79. The van der Waals surface area contributed by atoms with E-state index in [2.05, 4.69) is 48.4 Å². The average Bonchev–Trinajstić information content (AvgIpc) is 3.03. The molecule has 0 saturated heterocycles. The summed E-state index contributed by atoms with van der Waals surface area (Å²) in [5, 5.41) is 11.8. The number of anilines is 1. The Bertz CT molecular complexity index is 998. The molecule has 3 aromatic rings. The summed E-state index contributed by atoms with van der Waals surface area (Å²) >= 11 is 1.26. The minimum Gasteiger partial charge on any atom is -0.335 e. The van der Waals surface area contributed by atoms with E-state index in [1.54, 1.807) is 0 Å². The number of aromatic nitrogens is 3. The minimum absolute atomic E-state index is 0.0821. The fourth-order valence-corrected chi connectivity index (χ4v) is 3.67. The van der Waals surface area contributed by atoms with Gasteiger partial charge in [-0.3, -0.25) is 4.79 Å². The molecule has 1 amide bonds. The topological polar surface area (TPSA) is 85.8 Å². The van der Waals surface area contributed by atoms with Crippen molar-refractivity contribution in [3.63, 3.8) is 0 Å². The van der Waals surface area contributed by atoms with Gasteiger partial charge in [0.15, 0.2) is 5.82 Å². The number of benzene rings is 2. The van der Waals surface area contributed by atoms with Gasteiger partial charge in [-0.05, 0) is 36.0 Å². The van der Waals surface area contributed by atoms with Crippen LogP contribution in [0.25, 0.3) is 11.4 Å². The van der Waals surface area contributed by atoms with E-state index in [9.17, 15) is 4.79 Å². The lowest BCUT2D eigenvalue weighted by Gasteiger charge is -2.19. The molecule has 0 saturated carbocycles. The molecule has 3 rings (SSSR count). The highest BCUT2D eigenvalue weighted by molar-refractivity contribution is 7.99. The maximum absolute atomic E-state index is 12.4. The predicted octanol–water partition coefficient (Wildman–Crippen LogP) is 4.30. The number of nitrogens with one attached hydrogen (secondary N) is 1. The molecular weight excluding hydrogens is 382 g/mol. The van der Waals surface area contributed by atoms with Crippen molar-refractivity contribution in [1.29, 1.82) is 0 Å². The normalized spacial score (nSPS) is 11.5. The number of carbonyl (C=O) groups is 1. The molecule has 0 aliphatic heterocycles. The van der Waals surface area contributed by atoms with Crippen LogP contribution in [0.1, 0.15) is 37.5 Å². The Hall–Kier alpha value is -2.80. The number of amides is 1. The first-order chi connectivity index (χ1) is 13.7. The average molecular weight is 410 g/mol. The Labute approximate surface area is 175 Å². The van der Waals surface area contributed by atoms with Gasteiger partial charge in [0.1, 0.15) is 0 Å². The molecule has 0 spiro atoms. The summed E-state index contributed by atoms with van der Waals surface area (Å²) in [6.45, 7) is 10.5. The molecule has 6 nitrogen and oxygen atoms in total. The smallest absolute Gasteiger partial charge is 0.234 e. The number of para-hydroxylation sites is 1. The highest BCUT2D eigenvalue weighted by Crippen LogP contribution is 2.27. The number of nitrogen functional groups attached to an aromatic ring is 1. The molecule has 0 fully saturated rings. The highest BCUT2D eigenvalue weighted by atomic mass is 32.2. The van der Waals surface area contributed by atoms with Gasteiger partial charge < -0.3 is 11.2 Å². The van der Waals surface area contributed by atoms with Crippen LogP contribution in [0.4, 0.5) is 5.69 Å². The van der Waals surface area contributed by atoms with Crippen LogP contribution in [0.5, 0.6) is 0 Å². The van der Waals surface area contributed by atoms with Crippen molar-refractivity contribution in [2.45, 2.75) is 45.2 Å². The van der Waals surface area contributed by atoms with Crippen LogP contribution in [-0.2, 0) is 10.2 Å². The lowest BCUT2D eigenvalue weighted by Crippen LogP contribution is -2.17. The number of rotatable bonds is 5. The summed E-state index contributed by atoms with van der Waals surface area (Å²) < 4.78 is 1.43. The van der Waals surface area contributed by atoms with Crippen molar-refractivity contribution in [3.8, 4) is 11.4 Å². The first-order valence-electron chi connectivity index (χ1n) is 9.47. The monoisotopic (exact) mass is 409 g/mol. The van der Waals surface area contributed by atoms with Gasteiger partial charge >= 0.3 is 0 Å². The molecule has 1 heterocycles. The standard InChI is InChI=1S/C22H27N5OS/c1-14-7-6-8-15(2)19(14)24-18(28)13-29-21-26-25-20(27(21)23)16-9-11-17(12-10-16)22(3,4)5/h6-12H,13,23H2,1-5H3,(H,24,28). The zero-order chi connectivity index (χ0) is 21.2. The van der Waals surface area contributed by atoms with Crippen molar-refractivity contribution in [1.82, 2.24) is 14.9 Å². The lowest BCUT2D eigenvalue weighted by molar-refractivity contribution is -0.113. The fourth-order valence-electron chi connectivity index (χ4n) is 3.01. The fraction of sp³-hybridized carbons (Fsp3) is 0.318. The predicted molar refractivity (Wildman–Crippen MR) is 120 cm³/mol. The van der Waals surface area contributed by atoms with Crippen LogP contribution in [-0.4, -0.2) is 26.5 Å². The van der Waals surface area contributed by atoms with E-state index in [1.165, 1.54) is 22.0 Å². The van der Waals surface area contributed by atoms with Crippen molar-refractivity contribution in [2.24, 2.45) is 0 Å². The summed E-state index contributed by atoms with van der Waals surface area (Å²) in [6, 6.07) is 14.1. The van der Waals surface area contributed by atoms with E-state index in [0.717, 1.165) is 22.4 Å². The molecule has 0 aliphatic rings. The second-order valence-electron chi connectivity index (χ2n) is 8.11. The maximum atomic E-state index is 12.4. The Balaban J connectivity index is 1.68. The molecule has 29 heavy (non-hydrogen) atoms. The second kappa shape index (κ2) is 8.29. The first kappa shape index (κ1) is 20.9. The summed E-state index contributed by atoms with van der Waals surface area (Å²) in [6.07, 6.45) is 0. The quantitative estimate of drug-likeness (QED) is 0.485. The van der Waals surface area contributed by atoms with Gasteiger partial charge in [0.2, 0.25) is 11.1 Å². The largest absolute Gasteiger partial charge is 0.335 e. The van der Waals surface area contributed by atoms with Crippen LogP contribution in [0.2, 0.25) is 0 Å². The van der Waals surface area contributed by atoms with Crippen LogP contribution >= 0.6 is 11.8 Å². The van der Waals surface area contributed by atoms with E-state index in [0.29, 0.717) is 11.0 Å². The number of nitrogens with zero attached hydrogens (tertiary/aromatic N) is 3. The molecule has 7 heteroatoms. The van der Waals surface area contributed by atoms with Gasteiger partial charge in [-0.15, -0.1) is 10.2 Å². The number of thioether (sulfide) groups is 1. The van der Waals surface area contributed by atoms with Gasteiger partial charge in [-0.25, -0.2) is 4.68 Å². The third-order valence-electron chi connectivity index (χ3n) is 4.75. The molecule has 0 bridgehead atoms. The summed E-state index contributed by atoms with van der Waals surface area (Å²) in [5.74, 6) is 6.85. The maximum Gasteiger partial charge on any atom is 0.234 e. The van der Waals surface area contributed by atoms with Gasteiger partial charge in [-0.1, -0.05) is 75.0 Å². The third-order valence-corrected chi connectivity index (χ3v) is 5.69. The molecule has 0 unspecified atom stereocenters. The van der Waals surface area contributed by atoms with E-state index in [-0.39, 0.29) is 17.1 Å². The van der Waals surface area contributed by atoms with Crippen molar-refractivity contribution < 1.29 is 4.79 Å². The Morgan fingerprint density at radius 1 is 1.07 bits per heavy atom. The van der Waals surface area contributed by atoms with E-state index >= 15 is 0 Å². The number of nitrogens with two attached hydrogens (primary N) is 1. The summed E-state index contributed by atoms with van der Waals surface area (Å²) in [4.78, 5) is 12.4. The Morgan fingerprint density at radius 2 is 1.69 bits per heavy atom. The number of carbonyl (C=O) groups excluding carboxylic acids is 1. The van der Waals surface area contributed by atoms with Gasteiger partial charge in [-0.2, -0.15) is 0 Å². The molecular formula is C22H27N5OS. The summed E-state index contributed by atoms with van der Waals surface area (Å²) in [5.41, 5.74) is 5.13. The SMILES string of the molecule is Cc1cccc(C)c1NC(=O)CSc1nnc(-c2ccc(C(C)(C)C)cc2)n1N. The zero-order valence-corrected chi connectivity index (χ0v) is 18.3. The Morgan fingerprint density at radius 3 is 2.28 bits per heavy atom. The van der Waals surface area contributed by atoms with E-state index in [4.69, 9.17) is 5.84 Å². The van der Waals surface area contributed by atoms with E-state index in [1.807, 2.05) is 44.2 Å². The lowest BCUT2D eigenvalue weighted by atomic mass is 9.87. The van der Waals surface area contributed by atoms with E-state index < -0.39 is 0 Å². The number of hydrogen-bond donors (Lipinski definition) is 2. The van der Waals surface area contributed by atoms with Crippen LogP contribution in [0, 0.1) is 13.8 Å². The molecule has 0 radical (unpaired) electrons. The molecule has 3 N–H and O–H groups in total. The van der Waals surface area contributed by atoms with Gasteiger partial charge in [0.25, 0.3) is 0 Å². The van der Waals surface area contributed by atoms with Crippen LogP contribution in [0.15, 0.2) is 47.6 Å². The number of aryl methyl sites for hydroxylation is 2. The van der Waals surface area contributed by atoms with Crippen molar-refractivity contribution in [2.75, 3.05) is 16.9 Å². The first-order valence-corrected chi connectivity index (χ1v) is 10.5. The molecule has 0 atom stereocenters. The zero-order valence-electron chi connectivity index (χ0n) is 17.5. The summed E-state index contributed by atoms with van der Waals surface area (Å²) in [7, 11) is 0. The van der Waals surface area contributed by atoms with Crippen LogP contribution < -0.4 is 11.2 Å². The molecule has 152 valence electrons.